The quantitative estimate of drug-likeness (QED) is 0.835. The van der Waals surface area contributed by atoms with Gasteiger partial charge in [0.1, 0.15) is 11.4 Å². The average molecular weight is 353 g/mol. The molecule has 3 rings (SSSR count). The van der Waals surface area contributed by atoms with E-state index in [0.717, 1.165) is 41.7 Å². The zero-order chi connectivity index (χ0) is 18.6. The van der Waals surface area contributed by atoms with Gasteiger partial charge in [0.25, 0.3) is 0 Å². The van der Waals surface area contributed by atoms with Crippen LogP contribution in [0.5, 0.6) is 5.75 Å². The number of nitrogens with one attached hydrogen (secondary N) is 1. The lowest BCUT2D eigenvalue weighted by Crippen LogP contribution is -2.44. The van der Waals surface area contributed by atoms with Crippen molar-refractivity contribution >= 4 is 5.91 Å². The molecule has 0 aliphatic heterocycles. The van der Waals surface area contributed by atoms with Gasteiger partial charge < -0.3 is 15.2 Å². The fourth-order valence-electron chi connectivity index (χ4n) is 3.86. The second kappa shape index (κ2) is 7.92. The Morgan fingerprint density at radius 2 is 2.04 bits per heavy atom. The molecule has 0 saturated heterocycles. The average Bonchev–Trinajstić information content (AvgIpc) is 2.68. The molecule has 4 nitrogen and oxygen atoms in total. The summed E-state index contributed by atoms with van der Waals surface area (Å²) in [5.74, 6) is 0.568. The molecule has 0 aromatic heterocycles. The summed E-state index contributed by atoms with van der Waals surface area (Å²) < 4.78 is 5.29. The molecule has 4 heteroatoms. The second-order valence-electron chi connectivity index (χ2n) is 7.00. The Hall–Kier alpha value is -2.33. The highest BCUT2D eigenvalue weighted by atomic mass is 16.5. The first-order valence-corrected chi connectivity index (χ1v) is 9.30. The summed E-state index contributed by atoms with van der Waals surface area (Å²) in [7, 11) is 1.64. The van der Waals surface area contributed by atoms with Crippen molar-refractivity contribution in [1.29, 1.82) is 0 Å². The van der Waals surface area contributed by atoms with Crippen molar-refractivity contribution < 1.29 is 14.6 Å². The van der Waals surface area contributed by atoms with Gasteiger partial charge in [-0.3, -0.25) is 4.79 Å². The number of aliphatic hydroxyl groups is 1. The molecule has 2 unspecified atom stereocenters. The van der Waals surface area contributed by atoms with Gasteiger partial charge in [0, 0.05) is 0 Å². The minimum Gasteiger partial charge on any atom is -0.497 e. The summed E-state index contributed by atoms with van der Waals surface area (Å²) in [6.45, 7) is 2.24. The number of rotatable bonds is 6. The predicted molar refractivity (Wildman–Crippen MR) is 102 cm³/mol. The first-order chi connectivity index (χ1) is 12.6. The van der Waals surface area contributed by atoms with E-state index in [4.69, 9.17) is 4.74 Å². The Morgan fingerprint density at radius 3 is 2.73 bits per heavy atom. The molecule has 2 aromatic rings. The number of benzene rings is 2. The van der Waals surface area contributed by atoms with Gasteiger partial charge >= 0.3 is 0 Å². The van der Waals surface area contributed by atoms with E-state index >= 15 is 0 Å². The summed E-state index contributed by atoms with van der Waals surface area (Å²) >= 11 is 0. The zero-order valence-electron chi connectivity index (χ0n) is 15.5. The molecule has 0 heterocycles. The Kier molecular flexibility index (Phi) is 5.62. The van der Waals surface area contributed by atoms with Crippen LogP contribution in [0, 0.1) is 0 Å². The van der Waals surface area contributed by atoms with E-state index in [1.54, 1.807) is 7.11 Å². The van der Waals surface area contributed by atoms with Crippen molar-refractivity contribution in [3.8, 4) is 5.75 Å². The van der Waals surface area contributed by atoms with E-state index in [1.165, 1.54) is 0 Å². The van der Waals surface area contributed by atoms with E-state index in [-0.39, 0.29) is 18.4 Å². The number of carbonyl (C=O) groups is 1. The largest absolute Gasteiger partial charge is 0.497 e. The highest BCUT2D eigenvalue weighted by Gasteiger charge is 2.35. The maximum absolute atomic E-state index is 12.7. The van der Waals surface area contributed by atoms with Gasteiger partial charge in [-0.1, -0.05) is 43.3 Å². The van der Waals surface area contributed by atoms with Crippen LogP contribution in [0.4, 0.5) is 0 Å². The molecule has 1 amide bonds. The molecule has 26 heavy (non-hydrogen) atoms. The van der Waals surface area contributed by atoms with E-state index in [0.29, 0.717) is 6.42 Å². The third-order valence-electron chi connectivity index (χ3n) is 5.33. The van der Waals surface area contributed by atoms with Crippen LogP contribution >= 0.6 is 0 Å². The maximum Gasteiger partial charge on any atom is 0.227 e. The number of amides is 1. The molecule has 0 spiro atoms. The van der Waals surface area contributed by atoms with Crippen molar-refractivity contribution in [3.05, 3.63) is 65.2 Å². The highest BCUT2D eigenvalue weighted by Crippen LogP contribution is 2.36. The highest BCUT2D eigenvalue weighted by molar-refractivity contribution is 5.83. The summed E-state index contributed by atoms with van der Waals surface area (Å²) in [5, 5.41) is 14.2. The van der Waals surface area contributed by atoms with Gasteiger partial charge in [-0.2, -0.15) is 0 Å². The fourth-order valence-corrected chi connectivity index (χ4v) is 3.86. The van der Waals surface area contributed by atoms with E-state index in [2.05, 4.69) is 5.32 Å². The van der Waals surface area contributed by atoms with Gasteiger partial charge in [0.15, 0.2) is 0 Å². The van der Waals surface area contributed by atoms with Crippen molar-refractivity contribution in [2.75, 3.05) is 13.7 Å². The molecule has 1 aliphatic carbocycles. The van der Waals surface area contributed by atoms with Gasteiger partial charge in [-0.25, -0.2) is 0 Å². The zero-order valence-corrected chi connectivity index (χ0v) is 15.5. The van der Waals surface area contributed by atoms with Gasteiger partial charge in [-0.15, -0.1) is 0 Å². The molecular weight excluding hydrogens is 326 g/mol. The van der Waals surface area contributed by atoms with Crippen LogP contribution in [-0.2, 0) is 16.8 Å². The van der Waals surface area contributed by atoms with E-state index in [9.17, 15) is 9.90 Å². The smallest absolute Gasteiger partial charge is 0.227 e. The first-order valence-electron chi connectivity index (χ1n) is 9.30. The van der Waals surface area contributed by atoms with Crippen LogP contribution in [-0.4, -0.2) is 24.7 Å². The predicted octanol–water partition coefficient (Wildman–Crippen LogP) is 3.53. The molecule has 0 saturated carbocycles. The number of methoxy groups -OCH3 is 1. The minimum atomic E-state index is -1.02. The standard InChI is InChI=1S/C22H27NO3/c1-3-19(16-8-5-4-6-9-16)21(24)23-15-22(25)13-7-10-17-14-18(26-2)11-12-20(17)22/h4-6,8-9,11-12,14,19,25H,3,7,10,13,15H2,1-2H3,(H,23,24). The Balaban J connectivity index is 1.74. The molecule has 2 aromatic carbocycles. The topological polar surface area (TPSA) is 58.6 Å². The molecule has 2 atom stereocenters. The van der Waals surface area contributed by atoms with Crippen LogP contribution in [0.3, 0.4) is 0 Å². The Bertz CT molecular complexity index is 759. The lowest BCUT2D eigenvalue weighted by Gasteiger charge is -2.35. The number of hydrogen-bond acceptors (Lipinski definition) is 3. The summed E-state index contributed by atoms with van der Waals surface area (Å²) in [4.78, 5) is 12.7. The molecular formula is C22H27NO3. The minimum absolute atomic E-state index is 0.0345. The molecule has 0 radical (unpaired) electrons. The Morgan fingerprint density at radius 1 is 1.27 bits per heavy atom. The van der Waals surface area contributed by atoms with Gasteiger partial charge in [0.05, 0.1) is 19.6 Å². The van der Waals surface area contributed by atoms with Crippen molar-refractivity contribution in [1.82, 2.24) is 5.32 Å². The summed E-state index contributed by atoms with van der Waals surface area (Å²) in [6.07, 6.45) is 3.18. The lowest BCUT2D eigenvalue weighted by atomic mass is 9.79. The summed E-state index contributed by atoms with van der Waals surface area (Å²) in [5.41, 5.74) is 1.98. The van der Waals surface area contributed by atoms with Crippen molar-refractivity contribution in [3.63, 3.8) is 0 Å². The first kappa shape index (κ1) is 18.5. The van der Waals surface area contributed by atoms with Crippen molar-refractivity contribution in [2.45, 2.75) is 44.1 Å². The number of ether oxygens (including phenoxy) is 1. The van der Waals surface area contributed by atoms with Gasteiger partial charge in [-0.05, 0) is 54.5 Å². The molecule has 138 valence electrons. The van der Waals surface area contributed by atoms with Crippen LogP contribution in [0.15, 0.2) is 48.5 Å². The van der Waals surface area contributed by atoms with E-state index < -0.39 is 5.60 Å². The lowest BCUT2D eigenvalue weighted by molar-refractivity contribution is -0.124. The molecule has 1 aliphatic rings. The maximum atomic E-state index is 12.7. The number of fused-ring (bicyclic) bond motifs is 1. The fraction of sp³-hybridized carbons (Fsp3) is 0.409. The molecule has 0 bridgehead atoms. The van der Waals surface area contributed by atoms with Gasteiger partial charge in [0.2, 0.25) is 5.91 Å². The van der Waals surface area contributed by atoms with Crippen LogP contribution in [0.1, 0.15) is 48.8 Å². The van der Waals surface area contributed by atoms with E-state index in [1.807, 2.05) is 55.5 Å². The Labute approximate surface area is 155 Å². The molecule has 0 fully saturated rings. The van der Waals surface area contributed by atoms with Crippen molar-refractivity contribution in [2.24, 2.45) is 0 Å². The monoisotopic (exact) mass is 353 g/mol. The summed E-state index contributed by atoms with van der Waals surface area (Å²) in [6, 6.07) is 15.6. The third kappa shape index (κ3) is 3.75. The number of aryl methyl sites for hydroxylation is 1. The third-order valence-corrected chi connectivity index (χ3v) is 5.33. The molecule has 2 N–H and O–H groups in total. The second-order valence-corrected chi connectivity index (χ2v) is 7.00. The number of hydrogen-bond donors (Lipinski definition) is 2. The normalized spacial score (nSPS) is 20.1. The van der Waals surface area contributed by atoms with Crippen LogP contribution in [0.25, 0.3) is 0 Å². The van der Waals surface area contributed by atoms with Crippen LogP contribution < -0.4 is 10.1 Å². The number of carbonyl (C=O) groups excluding carboxylic acids is 1. The SMILES string of the molecule is CCC(C(=O)NCC1(O)CCCc2cc(OC)ccc21)c1ccccc1. The van der Waals surface area contributed by atoms with Crippen LogP contribution in [0.2, 0.25) is 0 Å².